The Morgan fingerprint density at radius 2 is 1.77 bits per heavy atom. The average molecular weight is 392 g/mol. The number of carbonyl (C=O) groups excluding carboxylic acids is 1. The summed E-state index contributed by atoms with van der Waals surface area (Å²) in [5, 5.41) is 0.807. The van der Waals surface area contributed by atoms with Gasteiger partial charge in [0.2, 0.25) is 15.9 Å². The highest BCUT2D eigenvalue weighted by Gasteiger charge is 2.29. The molecule has 6 nitrogen and oxygen atoms in total. The Bertz CT molecular complexity index is 847. The van der Waals surface area contributed by atoms with Crippen molar-refractivity contribution in [3.05, 3.63) is 54.2 Å². The fourth-order valence-corrected chi connectivity index (χ4v) is 4.88. The minimum atomic E-state index is -3.50. The Hall–Kier alpha value is -1.90. The summed E-state index contributed by atoms with van der Waals surface area (Å²) in [6, 6.07) is 12.4. The molecule has 1 saturated heterocycles. The molecule has 0 bridgehead atoms. The van der Waals surface area contributed by atoms with E-state index in [1.54, 1.807) is 35.4 Å². The van der Waals surface area contributed by atoms with Gasteiger partial charge in [-0.2, -0.15) is 4.31 Å². The highest BCUT2D eigenvalue weighted by atomic mass is 32.2. The highest BCUT2D eigenvalue weighted by Crippen LogP contribution is 2.19. The quantitative estimate of drug-likeness (QED) is 0.729. The summed E-state index contributed by atoms with van der Waals surface area (Å²) >= 11 is 1.39. The predicted octanol–water partition coefficient (Wildman–Crippen LogP) is 2.02. The zero-order chi connectivity index (χ0) is 18.6. The van der Waals surface area contributed by atoms with Gasteiger partial charge in [-0.05, 0) is 31.2 Å². The first-order valence-corrected chi connectivity index (χ1v) is 10.8. The van der Waals surface area contributed by atoms with Crippen LogP contribution in [0, 0.1) is 6.92 Å². The molecule has 1 aliphatic heterocycles. The maximum atomic E-state index is 12.7. The van der Waals surface area contributed by atoms with E-state index in [9.17, 15) is 13.2 Å². The Morgan fingerprint density at radius 1 is 1.08 bits per heavy atom. The van der Waals surface area contributed by atoms with Crippen LogP contribution < -0.4 is 0 Å². The molecular formula is C18H21N3O3S2. The number of sulfonamides is 1. The normalized spacial score (nSPS) is 15.8. The summed E-state index contributed by atoms with van der Waals surface area (Å²) in [7, 11) is -3.50. The van der Waals surface area contributed by atoms with Gasteiger partial charge in [0, 0.05) is 32.4 Å². The van der Waals surface area contributed by atoms with Crippen LogP contribution in [0.4, 0.5) is 0 Å². The first-order chi connectivity index (χ1) is 12.5. The van der Waals surface area contributed by atoms with Gasteiger partial charge in [0.25, 0.3) is 0 Å². The third kappa shape index (κ3) is 4.44. The lowest BCUT2D eigenvalue weighted by Crippen LogP contribution is -2.50. The van der Waals surface area contributed by atoms with Gasteiger partial charge < -0.3 is 4.90 Å². The van der Waals surface area contributed by atoms with E-state index in [1.807, 2.05) is 25.1 Å². The van der Waals surface area contributed by atoms with Crippen LogP contribution in [0.1, 0.15) is 5.56 Å². The molecular weight excluding hydrogens is 370 g/mol. The van der Waals surface area contributed by atoms with Crippen molar-refractivity contribution in [3.8, 4) is 0 Å². The Kier molecular flexibility index (Phi) is 5.95. The molecule has 1 aromatic heterocycles. The molecule has 0 N–H and O–H groups in total. The Morgan fingerprint density at radius 3 is 2.38 bits per heavy atom. The number of pyridine rings is 1. The molecule has 1 fully saturated rings. The number of aryl methyl sites for hydroxylation is 1. The first kappa shape index (κ1) is 18.9. The summed E-state index contributed by atoms with van der Waals surface area (Å²) < 4.78 is 26.8. The van der Waals surface area contributed by atoms with Crippen LogP contribution in [0.2, 0.25) is 0 Å². The largest absolute Gasteiger partial charge is 0.339 e. The number of nitrogens with zero attached hydrogens (tertiary/aromatic N) is 3. The molecule has 138 valence electrons. The molecule has 0 unspecified atom stereocenters. The van der Waals surface area contributed by atoms with Crippen LogP contribution in [0.3, 0.4) is 0 Å². The SMILES string of the molecule is Cc1ccc(S(=O)(=O)N2CCN(C(=O)CSc3ccccn3)CC2)cc1. The van der Waals surface area contributed by atoms with Crippen LogP contribution in [0.25, 0.3) is 0 Å². The van der Waals surface area contributed by atoms with Crippen molar-refractivity contribution in [3.63, 3.8) is 0 Å². The predicted molar refractivity (Wildman–Crippen MR) is 101 cm³/mol. The summed E-state index contributed by atoms with van der Waals surface area (Å²) in [5.74, 6) is 0.315. The summed E-state index contributed by atoms with van der Waals surface area (Å²) in [5.41, 5.74) is 1.02. The maximum absolute atomic E-state index is 12.7. The third-order valence-electron chi connectivity index (χ3n) is 4.23. The highest BCUT2D eigenvalue weighted by molar-refractivity contribution is 7.99. The Balaban J connectivity index is 1.55. The monoisotopic (exact) mass is 391 g/mol. The number of rotatable bonds is 5. The topological polar surface area (TPSA) is 70.6 Å². The number of piperazine rings is 1. The van der Waals surface area contributed by atoms with E-state index in [-0.39, 0.29) is 5.91 Å². The first-order valence-electron chi connectivity index (χ1n) is 8.35. The summed E-state index contributed by atoms with van der Waals surface area (Å²) in [6.45, 7) is 3.37. The molecule has 26 heavy (non-hydrogen) atoms. The minimum absolute atomic E-state index is 0.00744. The van der Waals surface area contributed by atoms with Gasteiger partial charge in [-0.1, -0.05) is 35.5 Å². The van der Waals surface area contributed by atoms with Gasteiger partial charge in [-0.15, -0.1) is 0 Å². The number of aromatic nitrogens is 1. The van der Waals surface area contributed by atoms with Gasteiger partial charge in [-0.25, -0.2) is 13.4 Å². The van der Waals surface area contributed by atoms with Crippen molar-refractivity contribution in [2.45, 2.75) is 16.8 Å². The fraction of sp³-hybridized carbons (Fsp3) is 0.333. The molecule has 1 aromatic carbocycles. The van der Waals surface area contributed by atoms with E-state index in [0.29, 0.717) is 36.8 Å². The molecule has 1 amide bonds. The second-order valence-corrected chi connectivity index (χ2v) is 8.99. The molecule has 0 atom stereocenters. The van der Waals surface area contributed by atoms with Crippen LogP contribution >= 0.6 is 11.8 Å². The van der Waals surface area contributed by atoms with Crippen molar-refractivity contribution in [1.82, 2.24) is 14.2 Å². The van der Waals surface area contributed by atoms with E-state index in [2.05, 4.69) is 4.98 Å². The number of amides is 1. The van der Waals surface area contributed by atoms with Gasteiger partial charge in [0.15, 0.2) is 0 Å². The fourth-order valence-electron chi connectivity index (χ4n) is 2.70. The van der Waals surface area contributed by atoms with Crippen molar-refractivity contribution in [1.29, 1.82) is 0 Å². The van der Waals surface area contributed by atoms with E-state index in [0.717, 1.165) is 10.6 Å². The minimum Gasteiger partial charge on any atom is -0.339 e. The van der Waals surface area contributed by atoms with Crippen LogP contribution in [-0.4, -0.2) is 60.4 Å². The van der Waals surface area contributed by atoms with Crippen molar-refractivity contribution < 1.29 is 13.2 Å². The summed E-state index contributed by atoms with van der Waals surface area (Å²) in [4.78, 5) is 18.5. The number of benzene rings is 1. The zero-order valence-electron chi connectivity index (χ0n) is 14.5. The lowest BCUT2D eigenvalue weighted by molar-refractivity contribution is -0.129. The summed E-state index contributed by atoms with van der Waals surface area (Å²) in [6.07, 6.45) is 1.70. The van der Waals surface area contributed by atoms with Gasteiger partial charge in [-0.3, -0.25) is 4.79 Å². The molecule has 1 aliphatic rings. The van der Waals surface area contributed by atoms with E-state index < -0.39 is 10.0 Å². The molecule has 2 heterocycles. The van der Waals surface area contributed by atoms with E-state index in [4.69, 9.17) is 0 Å². The Labute approximate surface area is 158 Å². The second-order valence-electron chi connectivity index (χ2n) is 6.05. The van der Waals surface area contributed by atoms with Gasteiger partial charge in [0.1, 0.15) is 0 Å². The maximum Gasteiger partial charge on any atom is 0.243 e. The standard InChI is InChI=1S/C18H21N3O3S2/c1-15-5-7-16(8-6-15)26(23,24)21-12-10-20(11-13-21)18(22)14-25-17-4-2-3-9-19-17/h2-9H,10-14H2,1H3. The number of hydrogen-bond acceptors (Lipinski definition) is 5. The second kappa shape index (κ2) is 8.20. The molecule has 8 heteroatoms. The van der Waals surface area contributed by atoms with Crippen LogP contribution in [0.5, 0.6) is 0 Å². The van der Waals surface area contributed by atoms with Crippen LogP contribution in [0.15, 0.2) is 58.6 Å². The molecule has 3 rings (SSSR count). The molecule has 2 aromatic rings. The lowest BCUT2D eigenvalue weighted by atomic mass is 10.2. The molecule has 0 aliphatic carbocycles. The van der Waals surface area contributed by atoms with Crippen molar-refractivity contribution >= 4 is 27.7 Å². The molecule has 0 radical (unpaired) electrons. The average Bonchev–Trinajstić information content (AvgIpc) is 2.67. The van der Waals surface area contributed by atoms with Gasteiger partial charge >= 0.3 is 0 Å². The zero-order valence-corrected chi connectivity index (χ0v) is 16.2. The lowest BCUT2D eigenvalue weighted by Gasteiger charge is -2.34. The molecule has 0 spiro atoms. The van der Waals surface area contributed by atoms with Crippen molar-refractivity contribution in [2.24, 2.45) is 0 Å². The van der Waals surface area contributed by atoms with E-state index >= 15 is 0 Å². The number of thioether (sulfide) groups is 1. The number of hydrogen-bond donors (Lipinski definition) is 0. The molecule has 0 saturated carbocycles. The smallest absolute Gasteiger partial charge is 0.243 e. The van der Waals surface area contributed by atoms with Crippen LogP contribution in [-0.2, 0) is 14.8 Å². The van der Waals surface area contributed by atoms with Crippen molar-refractivity contribution in [2.75, 3.05) is 31.9 Å². The van der Waals surface area contributed by atoms with E-state index in [1.165, 1.54) is 16.1 Å². The third-order valence-corrected chi connectivity index (χ3v) is 7.07. The number of carbonyl (C=O) groups is 1. The van der Waals surface area contributed by atoms with Gasteiger partial charge in [0.05, 0.1) is 15.7 Å².